The molecule has 1 aromatic carbocycles. The van der Waals surface area contributed by atoms with Gasteiger partial charge in [-0.3, -0.25) is 0 Å². The Bertz CT molecular complexity index is 390. The largest absolute Gasteiger partial charge is 0.493 e. The molecule has 3 N–H and O–H groups in total. The van der Waals surface area contributed by atoms with Crippen LogP contribution in [-0.2, 0) is 4.74 Å². The van der Waals surface area contributed by atoms with E-state index in [-0.39, 0.29) is 0 Å². The zero-order valence-electron chi connectivity index (χ0n) is 9.97. The Balaban J connectivity index is 2.80. The molecule has 0 spiro atoms. The van der Waals surface area contributed by atoms with Gasteiger partial charge in [0.25, 0.3) is 0 Å². The molecule has 0 heterocycles. The maximum Gasteiger partial charge on any atom is 0.341 e. The summed E-state index contributed by atoms with van der Waals surface area (Å²) >= 11 is 0. The minimum Gasteiger partial charge on any atom is -0.493 e. The lowest BCUT2D eigenvalue weighted by atomic mass is 10.2. The van der Waals surface area contributed by atoms with E-state index in [0.29, 0.717) is 30.0 Å². The predicted octanol–water partition coefficient (Wildman–Crippen LogP) is 1.21. The molecule has 1 aromatic rings. The van der Waals surface area contributed by atoms with Gasteiger partial charge in [0.1, 0.15) is 11.3 Å². The number of hydrogen-bond acceptors (Lipinski definition) is 5. The lowest BCUT2D eigenvalue weighted by molar-refractivity contribution is 0.0595. The fraction of sp³-hybridized carbons (Fsp3) is 0.417. The summed E-state index contributed by atoms with van der Waals surface area (Å²) in [4.78, 5) is 11.5. The molecule has 0 aliphatic rings. The number of hydrogen-bond donors (Lipinski definition) is 2. The molecule has 5 heteroatoms. The molecule has 5 nitrogen and oxygen atoms in total. The van der Waals surface area contributed by atoms with E-state index in [1.165, 1.54) is 7.11 Å². The van der Waals surface area contributed by atoms with Gasteiger partial charge in [0.15, 0.2) is 0 Å². The number of carbonyl (C=O) groups is 1. The first-order valence-corrected chi connectivity index (χ1v) is 5.33. The van der Waals surface area contributed by atoms with Gasteiger partial charge in [-0.15, -0.1) is 0 Å². The minimum atomic E-state index is -0.475. The molecule has 94 valence electrons. The molecular formula is C12H17NO4. The second-order valence-corrected chi connectivity index (χ2v) is 3.73. The van der Waals surface area contributed by atoms with Crippen molar-refractivity contribution >= 4 is 11.7 Å². The number of ether oxygens (including phenoxy) is 2. The fourth-order valence-electron chi connectivity index (χ4n) is 1.28. The molecule has 0 aliphatic carbocycles. The summed E-state index contributed by atoms with van der Waals surface area (Å²) in [5.41, 5.74) is 6.45. The Morgan fingerprint density at radius 1 is 1.53 bits per heavy atom. The molecule has 0 bridgehead atoms. The molecule has 1 atom stereocenters. The van der Waals surface area contributed by atoms with Crippen LogP contribution in [0.2, 0.25) is 0 Å². The van der Waals surface area contributed by atoms with E-state index in [9.17, 15) is 4.79 Å². The van der Waals surface area contributed by atoms with Crippen LogP contribution in [0.4, 0.5) is 5.69 Å². The van der Waals surface area contributed by atoms with Crippen LogP contribution in [0.5, 0.6) is 5.75 Å². The van der Waals surface area contributed by atoms with E-state index in [1.54, 1.807) is 25.1 Å². The Morgan fingerprint density at radius 2 is 2.24 bits per heavy atom. The van der Waals surface area contributed by atoms with E-state index in [2.05, 4.69) is 4.74 Å². The Morgan fingerprint density at radius 3 is 2.82 bits per heavy atom. The van der Waals surface area contributed by atoms with Gasteiger partial charge in [0, 0.05) is 18.2 Å². The van der Waals surface area contributed by atoms with Crippen molar-refractivity contribution in [3.05, 3.63) is 23.8 Å². The highest BCUT2D eigenvalue weighted by Crippen LogP contribution is 2.22. The number of aliphatic hydroxyl groups excluding tert-OH is 1. The molecule has 0 amide bonds. The topological polar surface area (TPSA) is 81.8 Å². The van der Waals surface area contributed by atoms with E-state index in [0.717, 1.165) is 0 Å². The maximum absolute atomic E-state index is 11.5. The molecule has 0 fully saturated rings. The molecule has 17 heavy (non-hydrogen) atoms. The van der Waals surface area contributed by atoms with Crippen molar-refractivity contribution in [2.75, 3.05) is 19.5 Å². The third-order valence-electron chi connectivity index (χ3n) is 2.20. The zero-order chi connectivity index (χ0) is 12.8. The smallest absolute Gasteiger partial charge is 0.341 e. The van der Waals surface area contributed by atoms with E-state index in [4.69, 9.17) is 15.6 Å². The van der Waals surface area contributed by atoms with Crippen LogP contribution in [0, 0.1) is 0 Å². The molecule has 0 saturated carbocycles. The SMILES string of the molecule is COC(=O)c1ccc(N)cc1OCCC(C)O. The second-order valence-electron chi connectivity index (χ2n) is 3.73. The highest BCUT2D eigenvalue weighted by molar-refractivity contribution is 5.93. The quantitative estimate of drug-likeness (QED) is 0.596. The molecule has 1 rings (SSSR count). The van der Waals surface area contributed by atoms with Crippen molar-refractivity contribution in [3.8, 4) is 5.75 Å². The summed E-state index contributed by atoms with van der Waals surface area (Å²) in [6, 6.07) is 4.72. The number of anilines is 1. The van der Waals surface area contributed by atoms with Crippen molar-refractivity contribution in [2.24, 2.45) is 0 Å². The van der Waals surface area contributed by atoms with Crippen molar-refractivity contribution < 1.29 is 19.4 Å². The van der Waals surface area contributed by atoms with Gasteiger partial charge in [-0.1, -0.05) is 0 Å². The Kier molecular flexibility index (Phi) is 4.78. The minimum absolute atomic E-state index is 0.311. The maximum atomic E-state index is 11.5. The van der Waals surface area contributed by atoms with Crippen LogP contribution in [0.15, 0.2) is 18.2 Å². The molecule has 1 unspecified atom stereocenters. The number of methoxy groups -OCH3 is 1. The molecule has 0 aliphatic heterocycles. The fourth-order valence-corrected chi connectivity index (χ4v) is 1.28. The van der Waals surface area contributed by atoms with Gasteiger partial charge in [-0.05, 0) is 19.1 Å². The number of benzene rings is 1. The number of nitrogens with two attached hydrogens (primary N) is 1. The third-order valence-corrected chi connectivity index (χ3v) is 2.20. The number of rotatable bonds is 5. The number of nitrogen functional groups attached to an aromatic ring is 1. The van der Waals surface area contributed by atoms with Crippen LogP contribution in [0.3, 0.4) is 0 Å². The zero-order valence-corrected chi connectivity index (χ0v) is 9.97. The average Bonchev–Trinajstić information content (AvgIpc) is 2.28. The van der Waals surface area contributed by atoms with Gasteiger partial charge in [0.05, 0.1) is 19.8 Å². The van der Waals surface area contributed by atoms with Crippen LogP contribution in [0.25, 0.3) is 0 Å². The van der Waals surface area contributed by atoms with Crippen LogP contribution < -0.4 is 10.5 Å². The molecule has 0 aromatic heterocycles. The summed E-state index contributed by atoms with van der Waals surface area (Å²) in [6.07, 6.45) is 0.0349. The van der Waals surface area contributed by atoms with Crippen molar-refractivity contribution in [2.45, 2.75) is 19.4 Å². The van der Waals surface area contributed by atoms with Crippen LogP contribution >= 0.6 is 0 Å². The third kappa shape index (κ3) is 3.96. The first-order chi connectivity index (χ1) is 8.04. The highest BCUT2D eigenvalue weighted by atomic mass is 16.5. The van der Waals surface area contributed by atoms with Crippen LogP contribution in [-0.4, -0.2) is 30.9 Å². The molecular weight excluding hydrogens is 222 g/mol. The Labute approximate surface area is 100 Å². The second kappa shape index (κ2) is 6.10. The van der Waals surface area contributed by atoms with Gasteiger partial charge >= 0.3 is 5.97 Å². The summed E-state index contributed by atoms with van der Waals surface area (Å²) in [5, 5.41) is 9.11. The number of aliphatic hydroxyl groups is 1. The van der Waals surface area contributed by atoms with Gasteiger partial charge in [-0.25, -0.2) is 4.79 Å². The lowest BCUT2D eigenvalue weighted by Crippen LogP contribution is -2.11. The molecule has 0 radical (unpaired) electrons. The lowest BCUT2D eigenvalue weighted by Gasteiger charge is -2.11. The monoisotopic (exact) mass is 239 g/mol. The van der Waals surface area contributed by atoms with Gasteiger partial charge < -0.3 is 20.3 Å². The highest BCUT2D eigenvalue weighted by Gasteiger charge is 2.13. The van der Waals surface area contributed by atoms with E-state index in [1.807, 2.05) is 0 Å². The van der Waals surface area contributed by atoms with Crippen LogP contribution in [0.1, 0.15) is 23.7 Å². The standard InChI is InChI=1S/C12H17NO4/c1-8(14)5-6-17-11-7-9(13)3-4-10(11)12(15)16-2/h3-4,7-8,14H,5-6,13H2,1-2H3. The summed E-state index contributed by atoms with van der Waals surface area (Å²) in [7, 11) is 1.30. The average molecular weight is 239 g/mol. The van der Waals surface area contributed by atoms with Crippen molar-refractivity contribution in [3.63, 3.8) is 0 Å². The van der Waals surface area contributed by atoms with Crippen molar-refractivity contribution in [1.82, 2.24) is 0 Å². The predicted molar refractivity (Wildman–Crippen MR) is 64.0 cm³/mol. The van der Waals surface area contributed by atoms with Gasteiger partial charge in [-0.2, -0.15) is 0 Å². The van der Waals surface area contributed by atoms with E-state index < -0.39 is 12.1 Å². The first-order valence-electron chi connectivity index (χ1n) is 5.33. The van der Waals surface area contributed by atoms with Gasteiger partial charge in [0.2, 0.25) is 0 Å². The summed E-state index contributed by atoms with van der Waals surface area (Å²) in [6.45, 7) is 1.98. The van der Waals surface area contributed by atoms with E-state index >= 15 is 0 Å². The normalized spacial score (nSPS) is 11.9. The summed E-state index contributed by atoms with van der Waals surface area (Å²) < 4.78 is 10.0. The summed E-state index contributed by atoms with van der Waals surface area (Å²) in [5.74, 6) is -0.102. The first kappa shape index (κ1) is 13.3. The van der Waals surface area contributed by atoms with Crippen molar-refractivity contribution in [1.29, 1.82) is 0 Å². The number of carbonyl (C=O) groups excluding carboxylic acids is 1. The number of esters is 1. The molecule has 0 saturated heterocycles. The Hall–Kier alpha value is -1.75.